The molecule has 0 radical (unpaired) electrons. The first-order valence-electron chi connectivity index (χ1n) is 3.50. The van der Waals surface area contributed by atoms with Gasteiger partial charge >= 0.3 is 0 Å². The zero-order chi connectivity index (χ0) is 7.84. The first kappa shape index (κ1) is 6.74. The van der Waals surface area contributed by atoms with Crippen LogP contribution in [0.1, 0.15) is 5.56 Å². The zero-order valence-electron chi connectivity index (χ0n) is 6.19. The third-order valence-corrected chi connectivity index (χ3v) is 2.10. The number of aromatic nitrogens is 1. The Morgan fingerprint density at radius 2 is 2.18 bits per heavy atom. The Kier molecular flexibility index (Phi) is 1.40. The molecule has 0 saturated carbocycles. The largest absolute Gasteiger partial charge is 0.360 e. The van der Waals surface area contributed by atoms with E-state index >= 15 is 0 Å². The van der Waals surface area contributed by atoms with Gasteiger partial charge in [0.15, 0.2) is 0 Å². The molecule has 56 valence electrons. The number of rotatable bonds is 0. The van der Waals surface area contributed by atoms with Crippen molar-refractivity contribution in [3.63, 3.8) is 0 Å². The van der Waals surface area contributed by atoms with Crippen LogP contribution in [0, 0.1) is 6.92 Å². The summed E-state index contributed by atoms with van der Waals surface area (Å²) in [5.41, 5.74) is 2.33. The number of halogens is 1. The smallest absolute Gasteiger partial charge is 0.0659 e. The lowest BCUT2D eigenvalue weighted by Crippen LogP contribution is -1.70. The molecule has 1 heterocycles. The molecule has 0 fully saturated rings. The second kappa shape index (κ2) is 2.28. The average Bonchev–Trinajstić information content (AvgIpc) is 2.33. The van der Waals surface area contributed by atoms with Crippen molar-refractivity contribution in [2.45, 2.75) is 6.92 Å². The average molecular weight is 166 g/mol. The van der Waals surface area contributed by atoms with Gasteiger partial charge in [0.05, 0.1) is 5.02 Å². The summed E-state index contributed by atoms with van der Waals surface area (Å²) in [6.07, 6.45) is 1.81. The van der Waals surface area contributed by atoms with E-state index in [-0.39, 0.29) is 0 Å². The van der Waals surface area contributed by atoms with E-state index in [2.05, 4.69) is 24.0 Å². The maximum atomic E-state index is 5.91. The highest BCUT2D eigenvalue weighted by Gasteiger charge is 1.99. The molecule has 0 aliphatic rings. The lowest BCUT2D eigenvalue weighted by Gasteiger charge is -1.92. The molecule has 1 N–H and O–H groups in total. The molecule has 0 spiro atoms. The summed E-state index contributed by atoms with van der Waals surface area (Å²) < 4.78 is 0. The molecule has 1 aromatic heterocycles. The standard InChI is InChI=1S/C9H8ClN/c1-6-2-3-9-7(4-6)8(10)5-11-9/h2-5,11H,1H3. The molecule has 0 aliphatic heterocycles. The summed E-state index contributed by atoms with van der Waals surface area (Å²) in [6.45, 7) is 2.06. The van der Waals surface area contributed by atoms with Crippen LogP contribution in [0.25, 0.3) is 10.9 Å². The lowest BCUT2D eigenvalue weighted by atomic mass is 10.2. The molecule has 11 heavy (non-hydrogen) atoms. The van der Waals surface area contributed by atoms with Gasteiger partial charge in [-0.2, -0.15) is 0 Å². The SMILES string of the molecule is Cc1ccc2[nH]cc(Cl)c2c1. The van der Waals surface area contributed by atoms with E-state index in [0.717, 1.165) is 15.9 Å². The van der Waals surface area contributed by atoms with Gasteiger partial charge in [0.2, 0.25) is 0 Å². The van der Waals surface area contributed by atoms with Crippen molar-refractivity contribution in [2.24, 2.45) is 0 Å². The van der Waals surface area contributed by atoms with E-state index in [9.17, 15) is 0 Å². The summed E-state index contributed by atoms with van der Waals surface area (Å²) >= 11 is 5.91. The van der Waals surface area contributed by atoms with E-state index in [1.165, 1.54) is 5.56 Å². The van der Waals surface area contributed by atoms with Gasteiger partial charge in [0.1, 0.15) is 0 Å². The number of fused-ring (bicyclic) bond motifs is 1. The molecule has 0 atom stereocenters. The van der Waals surface area contributed by atoms with Crippen LogP contribution in [0.2, 0.25) is 5.02 Å². The van der Waals surface area contributed by atoms with Crippen molar-refractivity contribution in [2.75, 3.05) is 0 Å². The second-order valence-electron chi connectivity index (χ2n) is 2.69. The molecule has 2 rings (SSSR count). The molecule has 2 heteroatoms. The fourth-order valence-electron chi connectivity index (χ4n) is 1.20. The Hall–Kier alpha value is -0.950. The van der Waals surface area contributed by atoms with Gasteiger partial charge in [-0.25, -0.2) is 0 Å². The molecule has 0 aliphatic carbocycles. The van der Waals surface area contributed by atoms with Gasteiger partial charge in [0.25, 0.3) is 0 Å². The van der Waals surface area contributed by atoms with Crippen molar-refractivity contribution < 1.29 is 0 Å². The molecule has 1 aromatic carbocycles. The lowest BCUT2D eigenvalue weighted by molar-refractivity contribution is 1.46. The summed E-state index contributed by atoms with van der Waals surface area (Å²) in [7, 11) is 0. The van der Waals surface area contributed by atoms with Crippen molar-refractivity contribution in [3.8, 4) is 0 Å². The molecular weight excluding hydrogens is 158 g/mol. The van der Waals surface area contributed by atoms with Crippen LogP contribution in [-0.2, 0) is 0 Å². The molecule has 0 unspecified atom stereocenters. The second-order valence-corrected chi connectivity index (χ2v) is 3.09. The Bertz CT molecular complexity index is 389. The molecular formula is C9H8ClN. The van der Waals surface area contributed by atoms with Gasteiger partial charge in [-0.05, 0) is 19.1 Å². The predicted octanol–water partition coefficient (Wildman–Crippen LogP) is 3.13. The van der Waals surface area contributed by atoms with Crippen molar-refractivity contribution >= 4 is 22.5 Å². The van der Waals surface area contributed by atoms with E-state index in [1.807, 2.05) is 12.3 Å². The van der Waals surface area contributed by atoms with Crippen LogP contribution in [0.15, 0.2) is 24.4 Å². The highest BCUT2D eigenvalue weighted by atomic mass is 35.5. The van der Waals surface area contributed by atoms with Gasteiger partial charge in [0, 0.05) is 17.1 Å². The van der Waals surface area contributed by atoms with Gasteiger partial charge in [-0.3, -0.25) is 0 Å². The highest BCUT2D eigenvalue weighted by Crippen LogP contribution is 2.23. The summed E-state index contributed by atoms with van der Waals surface area (Å²) in [5.74, 6) is 0. The minimum atomic E-state index is 0.795. The Balaban J connectivity index is 2.87. The monoisotopic (exact) mass is 165 g/mol. The molecule has 1 nitrogen and oxygen atoms in total. The number of hydrogen-bond donors (Lipinski definition) is 1. The molecule has 0 amide bonds. The van der Waals surface area contributed by atoms with Crippen LogP contribution in [0.5, 0.6) is 0 Å². The Morgan fingerprint density at radius 3 is 3.00 bits per heavy atom. The molecule has 0 bridgehead atoms. The zero-order valence-corrected chi connectivity index (χ0v) is 6.94. The van der Waals surface area contributed by atoms with Crippen LogP contribution in [0.3, 0.4) is 0 Å². The normalized spacial score (nSPS) is 10.7. The summed E-state index contributed by atoms with van der Waals surface area (Å²) in [6, 6.07) is 6.18. The third kappa shape index (κ3) is 1.02. The number of nitrogens with one attached hydrogen (secondary N) is 1. The number of hydrogen-bond acceptors (Lipinski definition) is 0. The summed E-state index contributed by atoms with van der Waals surface area (Å²) in [5, 5.41) is 1.90. The van der Waals surface area contributed by atoms with Crippen molar-refractivity contribution in [1.82, 2.24) is 4.98 Å². The highest BCUT2D eigenvalue weighted by molar-refractivity contribution is 6.35. The number of benzene rings is 1. The minimum Gasteiger partial charge on any atom is -0.360 e. The van der Waals surface area contributed by atoms with Crippen LogP contribution in [-0.4, -0.2) is 4.98 Å². The van der Waals surface area contributed by atoms with Crippen molar-refractivity contribution in [1.29, 1.82) is 0 Å². The maximum absolute atomic E-state index is 5.91. The van der Waals surface area contributed by atoms with Gasteiger partial charge < -0.3 is 4.98 Å². The Morgan fingerprint density at radius 1 is 1.36 bits per heavy atom. The van der Waals surface area contributed by atoms with Gasteiger partial charge in [-0.1, -0.05) is 23.2 Å². The predicted molar refractivity (Wildman–Crippen MR) is 48.0 cm³/mol. The maximum Gasteiger partial charge on any atom is 0.0659 e. The third-order valence-electron chi connectivity index (χ3n) is 1.79. The van der Waals surface area contributed by atoms with E-state index < -0.39 is 0 Å². The fraction of sp³-hybridized carbons (Fsp3) is 0.111. The first-order valence-corrected chi connectivity index (χ1v) is 3.88. The number of H-pyrrole nitrogens is 1. The van der Waals surface area contributed by atoms with Gasteiger partial charge in [-0.15, -0.1) is 0 Å². The fourth-order valence-corrected chi connectivity index (χ4v) is 1.41. The first-order chi connectivity index (χ1) is 5.27. The quantitative estimate of drug-likeness (QED) is 0.618. The summed E-state index contributed by atoms with van der Waals surface area (Å²) in [4.78, 5) is 3.08. The van der Waals surface area contributed by atoms with Crippen molar-refractivity contribution in [3.05, 3.63) is 35.0 Å². The van der Waals surface area contributed by atoms with Crippen LogP contribution >= 0.6 is 11.6 Å². The molecule has 2 aromatic rings. The Labute approximate surface area is 70.0 Å². The van der Waals surface area contributed by atoms with E-state index in [4.69, 9.17) is 11.6 Å². The van der Waals surface area contributed by atoms with E-state index in [0.29, 0.717) is 0 Å². The minimum absolute atomic E-state index is 0.795. The molecule has 0 saturated heterocycles. The topological polar surface area (TPSA) is 15.8 Å². The van der Waals surface area contributed by atoms with E-state index in [1.54, 1.807) is 0 Å². The number of aryl methyl sites for hydroxylation is 1. The number of aromatic amines is 1. The van der Waals surface area contributed by atoms with Crippen LogP contribution in [0.4, 0.5) is 0 Å². The van der Waals surface area contributed by atoms with Crippen LogP contribution < -0.4 is 0 Å².